The molecule has 0 spiro atoms. The van der Waals surface area contributed by atoms with Crippen molar-refractivity contribution in [3.05, 3.63) is 6.33 Å². The summed E-state index contributed by atoms with van der Waals surface area (Å²) in [5.74, 6) is 0. The highest BCUT2D eigenvalue weighted by atomic mass is 32.1. The van der Waals surface area contributed by atoms with Crippen LogP contribution in [0.5, 0.6) is 0 Å². The van der Waals surface area contributed by atoms with Gasteiger partial charge in [-0.25, -0.2) is 4.98 Å². The van der Waals surface area contributed by atoms with Gasteiger partial charge in [-0.2, -0.15) is 4.37 Å². The average molecular weight is 170 g/mol. The molecule has 0 radical (unpaired) electrons. The van der Waals surface area contributed by atoms with Gasteiger partial charge in [0.15, 0.2) is 0 Å². The lowest BCUT2D eigenvalue weighted by molar-refractivity contribution is 0.752. The minimum absolute atomic E-state index is 0.318. The maximum atomic E-state index is 5.75. The molecule has 60 valence electrons. The van der Waals surface area contributed by atoms with E-state index in [1.54, 1.807) is 6.33 Å². The SMILES string of the molecule is NC1CCN(c2ncns2)C1. The summed E-state index contributed by atoms with van der Waals surface area (Å²) >= 11 is 1.43. The van der Waals surface area contributed by atoms with Gasteiger partial charge in [-0.1, -0.05) is 0 Å². The first-order chi connectivity index (χ1) is 5.36. The number of rotatable bonds is 1. The summed E-state index contributed by atoms with van der Waals surface area (Å²) < 4.78 is 3.94. The van der Waals surface area contributed by atoms with Crippen LogP contribution in [0.3, 0.4) is 0 Å². The van der Waals surface area contributed by atoms with Gasteiger partial charge >= 0.3 is 0 Å². The zero-order valence-corrected chi connectivity index (χ0v) is 6.92. The fraction of sp³-hybridized carbons (Fsp3) is 0.667. The van der Waals surface area contributed by atoms with Crippen molar-refractivity contribution in [2.45, 2.75) is 12.5 Å². The number of aromatic nitrogens is 2. The van der Waals surface area contributed by atoms with Crippen molar-refractivity contribution in [3.8, 4) is 0 Å². The Labute approximate surface area is 69.2 Å². The van der Waals surface area contributed by atoms with E-state index in [0.29, 0.717) is 6.04 Å². The van der Waals surface area contributed by atoms with Gasteiger partial charge < -0.3 is 10.6 Å². The molecule has 4 nitrogen and oxygen atoms in total. The molecule has 1 fully saturated rings. The quantitative estimate of drug-likeness (QED) is 0.648. The number of nitrogens with two attached hydrogens (primary N) is 1. The van der Waals surface area contributed by atoms with E-state index in [9.17, 15) is 0 Å². The fourth-order valence-corrected chi connectivity index (χ4v) is 1.83. The van der Waals surface area contributed by atoms with Gasteiger partial charge in [0.05, 0.1) is 0 Å². The average Bonchev–Trinajstić information content (AvgIpc) is 2.55. The van der Waals surface area contributed by atoms with Crippen molar-refractivity contribution < 1.29 is 0 Å². The third kappa shape index (κ3) is 1.34. The predicted octanol–water partition coefficient (Wildman–Crippen LogP) is 0.0755. The summed E-state index contributed by atoms with van der Waals surface area (Å²) in [6.07, 6.45) is 2.66. The second kappa shape index (κ2) is 2.75. The summed E-state index contributed by atoms with van der Waals surface area (Å²) in [5, 5.41) is 0.998. The Morgan fingerprint density at radius 3 is 3.18 bits per heavy atom. The molecule has 0 saturated carbocycles. The van der Waals surface area contributed by atoms with Gasteiger partial charge in [-0.3, -0.25) is 0 Å². The Morgan fingerprint density at radius 2 is 2.64 bits per heavy atom. The molecule has 1 aliphatic rings. The molecule has 1 saturated heterocycles. The van der Waals surface area contributed by atoms with E-state index in [1.807, 2.05) is 0 Å². The molecule has 1 unspecified atom stereocenters. The Bertz CT molecular complexity index is 222. The summed E-state index contributed by atoms with van der Waals surface area (Å²) in [4.78, 5) is 6.29. The molecule has 1 aromatic heterocycles. The zero-order valence-electron chi connectivity index (χ0n) is 6.10. The van der Waals surface area contributed by atoms with Crippen LogP contribution in [0.15, 0.2) is 6.33 Å². The first-order valence-electron chi connectivity index (χ1n) is 3.63. The highest BCUT2D eigenvalue weighted by molar-refractivity contribution is 7.09. The fourth-order valence-electron chi connectivity index (χ4n) is 1.27. The molecule has 5 heteroatoms. The molecule has 2 heterocycles. The molecule has 2 N–H and O–H groups in total. The number of anilines is 1. The first kappa shape index (κ1) is 7.00. The van der Waals surface area contributed by atoms with Gasteiger partial charge in [0.1, 0.15) is 6.33 Å². The van der Waals surface area contributed by atoms with Crippen molar-refractivity contribution in [3.63, 3.8) is 0 Å². The van der Waals surface area contributed by atoms with E-state index >= 15 is 0 Å². The van der Waals surface area contributed by atoms with E-state index in [4.69, 9.17) is 5.73 Å². The van der Waals surface area contributed by atoms with Crippen molar-refractivity contribution in [2.75, 3.05) is 18.0 Å². The number of hydrogen-bond acceptors (Lipinski definition) is 5. The van der Waals surface area contributed by atoms with Crippen LogP contribution in [0.2, 0.25) is 0 Å². The molecular formula is C6H10N4S. The maximum Gasteiger partial charge on any atom is 0.204 e. The molecule has 1 atom stereocenters. The number of nitrogens with zero attached hydrogens (tertiary/aromatic N) is 3. The molecule has 0 bridgehead atoms. The second-order valence-electron chi connectivity index (χ2n) is 2.72. The third-order valence-corrected chi connectivity index (χ3v) is 2.57. The maximum absolute atomic E-state index is 5.75. The van der Waals surface area contributed by atoms with E-state index in [1.165, 1.54) is 11.5 Å². The Balaban J connectivity index is 2.08. The van der Waals surface area contributed by atoms with E-state index in [-0.39, 0.29) is 0 Å². The van der Waals surface area contributed by atoms with Gasteiger partial charge in [0.2, 0.25) is 5.13 Å². The monoisotopic (exact) mass is 170 g/mol. The molecule has 0 aliphatic carbocycles. The Hall–Kier alpha value is -0.680. The molecule has 0 amide bonds. The topological polar surface area (TPSA) is 55.0 Å². The Morgan fingerprint density at radius 1 is 1.73 bits per heavy atom. The third-order valence-electron chi connectivity index (χ3n) is 1.84. The van der Waals surface area contributed by atoms with Crippen LogP contribution in [-0.2, 0) is 0 Å². The lowest BCUT2D eigenvalue weighted by Crippen LogP contribution is -2.26. The minimum atomic E-state index is 0.318. The van der Waals surface area contributed by atoms with E-state index in [0.717, 1.165) is 24.6 Å². The van der Waals surface area contributed by atoms with Crippen LogP contribution in [0.1, 0.15) is 6.42 Å². The highest BCUT2D eigenvalue weighted by Gasteiger charge is 2.20. The lowest BCUT2D eigenvalue weighted by Gasteiger charge is -2.11. The summed E-state index contributed by atoms with van der Waals surface area (Å²) in [6, 6.07) is 0.318. The molecule has 1 aromatic rings. The van der Waals surface area contributed by atoms with Gasteiger partial charge in [-0.15, -0.1) is 0 Å². The van der Waals surface area contributed by atoms with Crippen molar-refractivity contribution in [1.82, 2.24) is 9.36 Å². The van der Waals surface area contributed by atoms with Crippen LogP contribution in [0, 0.1) is 0 Å². The zero-order chi connectivity index (χ0) is 7.68. The van der Waals surface area contributed by atoms with Crippen LogP contribution >= 0.6 is 11.5 Å². The van der Waals surface area contributed by atoms with Crippen molar-refractivity contribution in [1.29, 1.82) is 0 Å². The standard InChI is InChI=1S/C6H10N4S/c7-5-1-2-10(3-5)6-8-4-9-11-6/h4-5H,1-3,7H2. The molecule has 11 heavy (non-hydrogen) atoms. The van der Waals surface area contributed by atoms with E-state index in [2.05, 4.69) is 14.3 Å². The minimum Gasteiger partial charge on any atom is -0.345 e. The van der Waals surface area contributed by atoms with Crippen LogP contribution in [0.25, 0.3) is 0 Å². The first-order valence-corrected chi connectivity index (χ1v) is 4.41. The second-order valence-corrected chi connectivity index (χ2v) is 3.48. The van der Waals surface area contributed by atoms with Gasteiger partial charge in [-0.05, 0) is 6.42 Å². The van der Waals surface area contributed by atoms with Crippen molar-refractivity contribution >= 4 is 16.7 Å². The Kier molecular flexibility index (Phi) is 1.75. The normalized spacial score (nSPS) is 24.5. The van der Waals surface area contributed by atoms with Gasteiger partial charge in [0, 0.05) is 30.7 Å². The predicted molar refractivity (Wildman–Crippen MR) is 44.7 cm³/mol. The molecule has 2 rings (SSSR count). The van der Waals surface area contributed by atoms with Crippen LogP contribution < -0.4 is 10.6 Å². The van der Waals surface area contributed by atoms with Crippen molar-refractivity contribution in [2.24, 2.45) is 5.73 Å². The summed E-state index contributed by atoms with van der Waals surface area (Å²) in [7, 11) is 0. The molecule has 1 aliphatic heterocycles. The largest absolute Gasteiger partial charge is 0.345 e. The van der Waals surface area contributed by atoms with Crippen LogP contribution in [0.4, 0.5) is 5.13 Å². The summed E-state index contributed by atoms with van der Waals surface area (Å²) in [6.45, 7) is 1.95. The van der Waals surface area contributed by atoms with E-state index < -0.39 is 0 Å². The summed E-state index contributed by atoms with van der Waals surface area (Å²) in [5.41, 5.74) is 5.75. The molecule has 0 aromatic carbocycles. The molecular weight excluding hydrogens is 160 g/mol. The van der Waals surface area contributed by atoms with Gasteiger partial charge in [0.25, 0.3) is 0 Å². The smallest absolute Gasteiger partial charge is 0.204 e. The van der Waals surface area contributed by atoms with Crippen LogP contribution in [-0.4, -0.2) is 28.5 Å². The number of hydrogen-bond donors (Lipinski definition) is 1. The lowest BCUT2D eigenvalue weighted by atomic mass is 10.3. The highest BCUT2D eigenvalue weighted by Crippen LogP contribution is 2.19.